The maximum atomic E-state index is 12.7. The first-order valence-electron chi connectivity index (χ1n) is 8.35. The summed E-state index contributed by atoms with van der Waals surface area (Å²) in [5.74, 6) is 1.00. The Kier molecular flexibility index (Phi) is 8.53. The Bertz CT molecular complexity index is 298. The fourth-order valence-electron chi connectivity index (χ4n) is 2.48. The quantitative estimate of drug-likeness (QED) is 0.442. The molecule has 0 aliphatic heterocycles. The van der Waals surface area contributed by atoms with Gasteiger partial charge >= 0.3 is 5.97 Å². The van der Waals surface area contributed by atoms with E-state index in [4.69, 9.17) is 9.47 Å². The number of esters is 1. The summed E-state index contributed by atoms with van der Waals surface area (Å²) in [4.78, 5) is 12.7. The van der Waals surface area contributed by atoms with Gasteiger partial charge < -0.3 is 9.47 Å². The van der Waals surface area contributed by atoms with Crippen molar-refractivity contribution in [3.63, 3.8) is 0 Å². The molecule has 0 aromatic heterocycles. The Labute approximate surface area is 131 Å². The molecule has 0 bridgehead atoms. The van der Waals surface area contributed by atoms with E-state index in [0.717, 1.165) is 12.8 Å². The monoisotopic (exact) mass is 300 g/mol. The van der Waals surface area contributed by atoms with Crippen LogP contribution in [0.15, 0.2) is 0 Å². The van der Waals surface area contributed by atoms with E-state index >= 15 is 0 Å². The van der Waals surface area contributed by atoms with Crippen LogP contribution < -0.4 is 0 Å². The molecule has 0 fully saturated rings. The van der Waals surface area contributed by atoms with Crippen molar-refractivity contribution in [1.29, 1.82) is 0 Å². The largest absolute Gasteiger partial charge is 0.435 e. The summed E-state index contributed by atoms with van der Waals surface area (Å²) < 4.78 is 11.5. The van der Waals surface area contributed by atoms with Gasteiger partial charge in [0.15, 0.2) is 0 Å². The number of ether oxygens (including phenoxy) is 2. The van der Waals surface area contributed by atoms with Crippen LogP contribution >= 0.6 is 0 Å². The van der Waals surface area contributed by atoms with Crippen LogP contribution in [0, 0.1) is 23.2 Å². The summed E-state index contributed by atoms with van der Waals surface area (Å²) in [5.41, 5.74) is -0.455. The van der Waals surface area contributed by atoms with Crippen molar-refractivity contribution in [2.45, 2.75) is 87.5 Å². The third kappa shape index (κ3) is 7.30. The van der Waals surface area contributed by atoms with Crippen LogP contribution in [-0.4, -0.2) is 18.4 Å². The molecule has 0 spiro atoms. The van der Waals surface area contributed by atoms with Crippen molar-refractivity contribution in [2.75, 3.05) is 0 Å². The maximum absolute atomic E-state index is 12.7. The Morgan fingerprint density at radius 1 is 0.952 bits per heavy atom. The molecule has 3 nitrogen and oxygen atoms in total. The van der Waals surface area contributed by atoms with E-state index in [2.05, 4.69) is 41.5 Å². The van der Waals surface area contributed by atoms with Gasteiger partial charge in [0.1, 0.15) is 0 Å². The van der Waals surface area contributed by atoms with Crippen molar-refractivity contribution < 1.29 is 14.3 Å². The SMILES string of the molecule is CC(C)CC(OC(=O)C(C)(CC(C)C)C(C)C)OC(C)C. The first-order valence-corrected chi connectivity index (χ1v) is 8.35. The minimum Gasteiger partial charge on any atom is -0.435 e. The smallest absolute Gasteiger partial charge is 0.314 e. The number of hydrogen-bond acceptors (Lipinski definition) is 3. The third-order valence-electron chi connectivity index (χ3n) is 3.90. The lowest BCUT2D eigenvalue weighted by molar-refractivity contribution is -0.203. The van der Waals surface area contributed by atoms with E-state index in [1.807, 2.05) is 20.8 Å². The van der Waals surface area contributed by atoms with Crippen LogP contribution in [0.5, 0.6) is 0 Å². The maximum Gasteiger partial charge on any atom is 0.314 e. The van der Waals surface area contributed by atoms with Gasteiger partial charge in [0.2, 0.25) is 6.29 Å². The normalized spacial score (nSPS) is 16.6. The van der Waals surface area contributed by atoms with E-state index < -0.39 is 11.7 Å². The van der Waals surface area contributed by atoms with Gasteiger partial charge in [-0.05, 0) is 44.9 Å². The molecule has 0 radical (unpaired) electrons. The highest BCUT2D eigenvalue weighted by Crippen LogP contribution is 2.36. The number of rotatable bonds is 9. The summed E-state index contributed by atoms with van der Waals surface area (Å²) >= 11 is 0. The van der Waals surface area contributed by atoms with E-state index in [9.17, 15) is 4.79 Å². The summed E-state index contributed by atoms with van der Waals surface area (Å²) in [7, 11) is 0. The van der Waals surface area contributed by atoms with Gasteiger partial charge in [-0.2, -0.15) is 0 Å². The highest BCUT2D eigenvalue weighted by Gasteiger charge is 2.40. The molecule has 0 rings (SSSR count). The Hall–Kier alpha value is -0.570. The predicted molar refractivity (Wildman–Crippen MR) is 88.0 cm³/mol. The molecule has 0 aromatic rings. The molecule has 21 heavy (non-hydrogen) atoms. The molecular weight excluding hydrogens is 264 g/mol. The van der Waals surface area contributed by atoms with Crippen LogP contribution in [0.1, 0.15) is 75.2 Å². The van der Waals surface area contributed by atoms with E-state index in [1.54, 1.807) is 0 Å². The van der Waals surface area contributed by atoms with Gasteiger partial charge in [0, 0.05) is 6.42 Å². The number of carbonyl (C=O) groups is 1. The molecule has 2 unspecified atom stereocenters. The Morgan fingerprint density at radius 2 is 1.48 bits per heavy atom. The van der Waals surface area contributed by atoms with Gasteiger partial charge in [-0.25, -0.2) is 0 Å². The highest BCUT2D eigenvalue weighted by molar-refractivity contribution is 5.76. The average molecular weight is 300 g/mol. The topological polar surface area (TPSA) is 35.5 Å². The summed E-state index contributed by atoms with van der Waals surface area (Å²) in [6, 6.07) is 0. The standard InChI is InChI=1S/C18H36O3/c1-12(2)10-16(20-15(7)8)21-17(19)18(9,14(5)6)11-13(3)4/h12-16H,10-11H2,1-9H3. The zero-order chi connectivity index (χ0) is 16.8. The second-order valence-electron chi connectivity index (χ2n) is 7.82. The van der Waals surface area contributed by atoms with Crippen LogP contribution in [0.4, 0.5) is 0 Å². The lowest BCUT2D eigenvalue weighted by atomic mass is 9.73. The van der Waals surface area contributed by atoms with Crippen molar-refractivity contribution in [3.8, 4) is 0 Å². The molecule has 0 saturated heterocycles. The van der Waals surface area contributed by atoms with Crippen molar-refractivity contribution in [1.82, 2.24) is 0 Å². The summed E-state index contributed by atoms with van der Waals surface area (Å²) in [6.45, 7) is 18.6. The molecule has 126 valence electrons. The van der Waals surface area contributed by atoms with E-state index in [-0.39, 0.29) is 18.0 Å². The van der Waals surface area contributed by atoms with Crippen LogP contribution in [-0.2, 0) is 14.3 Å². The summed E-state index contributed by atoms with van der Waals surface area (Å²) in [6.07, 6.45) is 1.18. The molecule has 0 aliphatic rings. The molecule has 0 heterocycles. The van der Waals surface area contributed by atoms with Gasteiger partial charge in [0.05, 0.1) is 11.5 Å². The fourth-order valence-corrected chi connectivity index (χ4v) is 2.48. The lowest BCUT2D eigenvalue weighted by Gasteiger charge is -2.35. The molecule has 0 aromatic carbocycles. The van der Waals surface area contributed by atoms with Gasteiger partial charge in [0.25, 0.3) is 0 Å². The van der Waals surface area contributed by atoms with E-state index in [0.29, 0.717) is 11.8 Å². The average Bonchev–Trinajstić information content (AvgIpc) is 2.25. The second kappa shape index (κ2) is 8.77. The van der Waals surface area contributed by atoms with Crippen LogP contribution in [0.25, 0.3) is 0 Å². The van der Waals surface area contributed by atoms with Gasteiger partial charge in [-0.15, -0.1) is 0 Å². The molecule has 2 atom stereocenters. The summed E-state index contributed by atoms with van der Waals surface area (Å²) in [5, 5.41) is 0. The number of carbonyl (C=O) groups excluding carboxylic acids is 1. The Morgan fingerprint density at radius 3 is 1.81 bits per heavy atom. The Balaban J connectivity index is 4.98. The minimum absolute atomic E-state index is 0.0527. The predicted octanol–water partition coefficient (Wildman–Crippen LogP) is 5.04. The molecule has 0 aliphatic carbocycles. The van der Waals surface area contributed by atoms with Gasteiger partial charge in [-0.1, -0.05) is 41.5 Å². The van der Waals surface area contributed by atoms with Crippen molar-refractivity contribution in [2.24, 2.45) is 23.2 Å². The van der Waals surface area contributed by atoms with E-state index in [1.165, 1.54) is 0 Å². The first kappa shape index (κ1) is 20.4. The molecule has 0 N–H and O–H groups in total. The fraction of sp³-hybridized carbons (Fsp3) is 0.944. The molecular formula is C18H36O3. The molecule has 0 saturated carbocycles. The first-order chi connectivity index (χ1) is 9.48. The van der Waals surface area contributed by atoms with Crippen molar-refractivity contribution >= 4 is 5.97 Å². The molecule has 3 heteroatoms. The minimum atomic E-state index is -0.455. The highest BCUT2D eigenvalue weighted by atomic mass is 16.7. The number of hydrogen-bond donors (Lipinski definition) is 0. The molecule has 0 amide bonds. The van der Waals surface area contributed by atoms with Crippen LogP contribution in [0.2, 0.25) is 0 Å². The van der Waals surface area contributed by atoms with Gasteiger partial charge in [-0.3, -0.25) is 4.79 Å². The zero-order valence-electron chi connectivity index (χ0n) is 15.5. The lowest BCUT2D eigenvalue weighted by Crippen LogP contribution is -2.39. The van der Waals surface area contributed by atoms with Crippen molar-refractivity contribution in [3.05, 3.63) is 0 Å². The third-order valence-corrected chi connectivity index (χ3v) is 3.90. The zero-order valence-corrected chi connectivity index (χ0v) is 15.5. The van der Waals surface area contributed by atoms with Crippen LogP contribution in [0.3, 0.4) is 0 Å². The second-order valence-corrected chi connectivity index (χ2v) is 7.82.